The molecule has 0 atom stereocenters. The van der Waals surface area contributed by atoms with E-state index in [-0.39, 0.29) is 6.10 Å². The van der Waals surface area contributed by atoms with Crippen LogP contribution >= 0.6 is 0 Å². The molecule has 0 aliphatic carbocycles. The Morgan fingerprint density at radius 2 is 1.80 bits per heavy atom. The van der Waals surface area contributed by atoms with Crippen molar-refractivity contribution in [1.82, 2.24) is 5.32 Å². The summed E-state index contributed by atoms with van der Waals surface area (Å²) in [5, 5.41) is 11.4. The predicted octanol–water partition coefficient (Wildman–Crippen LogP) is 2.20. The van der Waals surface area contributed by atoms with Crippen LogP contribution in [-0.2, 0) is 16.1 Å². The minimum Gasteiger partial charge on any atom is -0.480 e. The third kappa shape index (κ3) is 4.66. The van der Waals surface area contributed by atoms with Crippen LogP contribution in [0.4, 0.5) is 0 Å². The standard InChI is InChI=1S/C15H21NO4/c1-10(2)20-9-11-5-7-12(8-6-11)13(17)16-15(3,4)14(18)19/h5-8,10H,9H2,1-4H3,(H,16,17)(H,18,19). The smallest absolute Gasteiger partial charge is 0.328 e. The van der Waals surface area contributed by atoms with Gasteiger partial charge in [-0.3, -0.25) is 4.79 Å². The number of carbonyl (C=O) groups excluding carboxylic acids is 1. The quantitative estimate of drug-likeness (QED) is 0.837. The van der Waals surface area contributed by atoms with Gasteiger partial charge in [0.25, 0.3) is 5.91 Å². The SMILES string of the molecule is CC(C)OCc1ccc(C(=O)NC(C)(C)C(=O)O)cc1. The van der Waals surface area contributed by atoms with Crippen molar-refractivity contribution in [3.05, 3.63) is 35.4 Å². The number of rotatable bonds is 6. The van der Waals surface area contributed by atoms with Crippen LogP contribution in [0.1, 0.15) is 43.6 Å². The van der Waals surface area contributed by atoms with Crippen molar-refractivity contribution >= 4 is 11.9 Å². The van der Waals surface area contributed by atoms with E-state index < -0.39 is 17.4 Å². The molecule has 1 aromatic rings. The monoisotopic (exact) mass is 279 g/mol. The molecule has 5 heteroatoms. The Hall–Kier alpha value is -1.88. The second-order valence-corrected chi connectivity index (χ2v) is 5.44. The molecule has 2 N–H and O–H groups in total. The second kappa shape index (κ2) is 6.52. The highest BCUT2D eigenvalue weighted by Gasteiger charge is 2.29. The van der Waals surface area contributed by atoms with Crippen LogP contribution in [0.15, 0.2) is 24.3 Å². The van der Waals surface area contributed by atoms with E-state index in [0.29, 0.717) is 12.2 Å². The molecule has 1 amide bonds. The molecule has 0 spiro atoms. The van der Waals surface area contributed by atoms with Gasteiger partial charge in [-0.1, -0.05) is 12.1 Å². The molecule has 1 rings (SSSR count). The Balaban J connectivity index is 2.69. The summed E-state index contributed by atoms with van der Waals surface area (Å²) in [4.78, 5) is 22.9. The number of ether oxygens (including phenoxy) is 1. The van der Waals surface area contributed by atoms with E-state index in [4.69, 9.17) is 9.84 Å². The maximum atomic E-state index is 11.9. The van der Waals surface area contributed by atoms with Gasteiger partial charge in [0.2, 0.25) is 0 Å². The third-order valence-electron chi connectivity index (χ3n) is 2.76. The highest BCUT2D eigenvalue weighted by atomic mass is 16.5. The number of carboxylic acids is 1. The summed E-state index contributed by atoms with van der Waals surface area (Å²) in [7, 11) is 0. The number of amides is 1. The minimum absolute atomic E-state index is 0.148. The first-order valence-corrected chi connectivity index (χ1v) is 6.49. The van der Waals surface area contributed by atoms with Gasteiger partial charge in [0, 0.05) is 5.56 Å². The molecule has 0 bridgehead atoms. The third-order valence-corrected chi connectivity index (χ3v) is 2.76. The molecule has 0 aliphatic heterocycles. The molecular formula is C15H21NO4. The van der Waals surface area contributed by atoms with Crippen LogP contribution in [0.5, 0.6) is 0 Å². The van der Waals surface area contributed by atoms with E-state index in [1.54, 1.807) is 24.3 Å². The summed E-state index contributed by atoms with van der Waals surface area (Å²) in [5.74, 6) is -1.48. The van der Waals surface area contributed by atoms with E-state index in [1.165, 1.54) is 13.8 Å². The van der Waals surface area contributed by atoms with Crippen LogP contribution in [0.3, 0.4) is 0 Å². The van der Waals surface area contributed by atoms with Gasteiger partial charge >= 0.3 is 5.97 Å². The normalized spacial score (nSPS) is 11.4. The van der Waals surface area contributed by atoms with Crippen molar-refractivity contribution in [2.45, 2.75) is 45.9 Å². The number of nitrogens with one attached hydrogen (secondary N) is 1. The molecular weight excluding hydrogens is 258 g/mol. The molecule has 0 saturated heterocycles. The molecule has 0 heterocycles. The zero-order valence-electron chi connectivity index (χ0n) is 12.3. The number of hydrogen-bond donors (Lipinski definition) is 2. The number of hydrogen-bond acceptors (Lipinski definition) is 3. The fourth-order valence-corrected chi connectivity index (χ4v) is 1.42. The fourth-order valence-electron chi connectivity index (χ4n) is 1.42. The van der Waals surface area contributed by atoms with Gasteiger partial charge in [-0.15, -0.1) is 0 Å². The van der Waals surface area contributed by atoms with Crippen molar-refractivity contribution in [2.75, 3.05) is 0 Å². The van der Waals surface area contributed by atoms with Crippen molar-refractivity contribution < 1.29 is 19.4 Å². The number of aliphatic carboxylic acids is 1. The second-order valence-electron chi connectivity index (χ2n) is 5.44. The lowest BCUT2D eigenvalue weighted by molar-refractivity contribution is -0.143. The van der Waals surface area contributed by atoms with Crippen LogP contribution in [-0.4, -0.2) is 28.6 Å². The first-order chi connectivity index (χ1) is 9.22. The van der Waals surface area contributed by atoms with E-state index >= 15 is 0 Å². The number of carboxylic acid groups (broad SMARTS) is 1. The van der Waals surface area contributed by atoms with Crippen molar-refractivity contribution in [1.29, 1.82) is 0 Å². The van der Waals surface area contributed by atoms with E-state index in [9.17, 15) is 9.59 Å². The molecule has 0 radical (unpaired) electrons. The number of benzene rings is 1. The molecule has 0 fully saturated rings. The van der Waals surface area contributed by atoms with Gasteiger partial charge < -0.3 is 15.2 Å². The maximum absolute atomic E-state index is 11.9. The van der Waals surface area contributed by atoms with Crippen molar-refractivity contribution in [3.8, 4) is 0 Å². The lowest BCUT2D eigenvalue weighted by Crippen LogP contribution is -2.49. The Morgan fingerprint density at radius 1 is 1.25 bits per heavy atom. The molecule has 0 unspecified atom stereocenters. The van der Waals surface area contributed by atoms with E-state index in [0.717, 1.165) is 5.56 Å². The maximum Gasteiger partial charge on any atom is 0.328 e. The largest absolute Gasteiger partial charge is 0.480 e. The van der Waals surface area contributed by atoms with Crippen LogP contribution < -0.4 is 5.32 Å². The van der Waals surface area contributed by atoms with Gasteiger partial charge in [0.1, 0.15) is 5.54 Å². The van der Waals surface area contributed by atoms with E-state index in [2.05, 4.69) is 5.32 Å². The summed E-state index contributed by atoms with van der Waals surface area (Å²) in [5.41, 5.74) is 0.0941. The van der Waals surface area contributed by atoms with Crippen molar-refractivity contribution in [2.24, 2.45) is 0 Å². The van der Waals surface area contributed by atoms with E-state index in [1.807, 2.05) is 13.8 Å². The summed E-state index contributed by atoms with van der Waals surface area (Å²) in [6.07, 6.45) is 0.148. The van der Waals surface area contributed by atoms with Gasteiger partial charge in [0.15, 0.2) is 0 Å². The summed E-state index contributed by atoms with van der Waals surface area (Å²) >= 11 is 0. The average molecular weight is 279 g/mol. The van der Waals surface area contributed by atoms with Gasteiger partial charge in [-0.25, -0.2) is 4.79 Å². The van der Waals surface area contributed by atoms with Gasteiger partial charge in [0.05, 0.1) is 12.7 Å². The highest BCUT2D eigenvalue weighted by Crippen LogP contribution is 2.09. The lowest BCUT2D eigenvalue weighted by Gasteiger charge is -2.21. The summed E-state index contributed by atoms with van der Waals surface area (Å²) < 4.78 is 5.46. The molecule has 20 heavy (non-hydrogen) atoms. The Labute approximate surface area is 118 Å². The average Bonchev–Trinajstić information content (AvgIpc) is 2.36. The Morgan fingerprint density at radius 3 is 2.25 bits per heavy atom. The fraction of sp³-hybridized carbons (Fsp3) is 0.467. The molecule has 110 valence electrons. The van der Waals surface area contributed by atoms with Gasteiger partial charge in [-0.05, 0) is 45.4 Å². The molecule has 5 nitrogen and oxygen atoms in total. The van der Waals surface area contributed by atoms with Gasteiger partial charge in [-0.2, -0.15) is 0 Å². The van der Waals surface area contributed by atoms with Crippen LogP contribution in [0.2, 0.25) is 0 Å². The van der Waals surface area contributed by atoms with Crippen LogP contribution in [0.25, 0.3) is 0 Å². The number of carbonyl (C=O) groups is 2. The Bertz CT molecular complexity index is 477. The topological polar surface area (TPSA) is 75.6 Å². The lowest BCUT2D eigenvalue weighted by atomic mass is 10.0. The van der Waals surface area contributed by atoms with Crippen molar-refractivity contribution in [3.63, 3.8) is 0 Å². The summed E-state index contributed by atoms with van der Waals surface area (Å²) in [6.45, 7) is 7.28. The first kappa shape index (κ1) is 16.2. The molecule has 0 saturated carbocycles. The Kier molecular flexibility index (Phi) is 5.27. The highest BCUT2D eigenvalue weighted by molar-refractivity contribution is 5.97. The predicted molar refractivity (Wildman–Crippen MR) is 75.5 cm³/mol. The first-order valence-electron chi connectivity index (χ1n) is 6.49. The zero-order valence-corrected chi connectivity index (χ0v) is 12.3. The molecule has 0 aromatic heterocycles. The molecule has 1 aromatic carbocycles. The van der Waals surface area contributed by atoms with Crippen LogP contribution in [0, 0.1) is 0 Å². The molecule has 0 aliphatic rings. The zero-order chi connectivity index (χ0) is 15.3. The minimum atomic E-state index is -1.30. The summed E-state index contributed by atoms with van der Waals surface area (Å²) in [6, 6.07) is 6.91.